The Hall–Kier alpha value is -3.37. The predicted molar refractivity (Wildman–Crippen MR) is 138 cm³/mol. The number of carbonyl (C=O) groups is 1. The van der Waals surface area contributed by atoms with Crippen molar-refractivity contribution in [3.8, 4) is 11.3 Å². The lowest BCUT2D eigenvalue weighted by Crippen LogP contribution is -2.41. The smallest absolute Gasteiger partial charge is 0.242 e. The highest BCUT2D eigenvalue weighted by molar-refractivity contribution is 7.07. The Morgan fingerprint density at radius 1 is 1.26 bits per heavy atom. The number of aromatic nitrogens is 4. The number of aryl methyl sites for hydroxylation is 1. The molecule has 184 valence electrons. The van der Waals surface area contributed by atoms with E-state index in [4.69, 9.17) is 5.10 Å². The largest absolute Gasteiger partial charge is 0.373 e. The summed E-state index contributed by atoms with van der Waals surface area (Å²) in [6.45, 7) is 3.22. The van der Waals surface area contributed by atoms with Gasteiger partial charge in [0.25, 0.3) is 0 Å². The average molecular weight is 496 g/mol. The van der Waals surface area contributed by atoms with E-state index in [9.17, 15) is 9.18 Å². The van der Waals surface area contributed by atoms with Crippen LogP contribution in [0, 0.1) is 0 Å². The monoisotopic (exact) mass is 495 g/mol. The zero-order valence-electron chi connectivity index (χ0n) is 19.9. The number of halogens is 1. The molecule has 0 saturated carbocycles. The zero-order chi connectivity index (χ0) is 24.6. The van der Waals surface area contributed by atoms with E-state index in [0.717, 1.165) is 34.8 Å². The summed E-state index contributed by atoms with van der Waals surface area (Å²) in [7, 11) is 1.82. The van der Waals surface area contributed by atoms with Gasteiger partial charge in [0.2, 0.25) is 5.91 Å². The third-order valence-corrected chi connectivity index (χ3v) is 6.39. The Labute approximate surface area is 208 Å². The molecule has 0 fully saturated rings. The molecule has 0 saturated heterocycles. The summed E-state index contributed by atoms with van der Waals surface area (Å²) in [4.78, 5) is 22.0. The normalized spacial score (nSPS) is 14.3. The molecule has 0 bridgehead atoms. The number of nitrogens with one attached hydrogen (secondary N) is 3. The molecule has 0 spiro atoms. The van der Waals surface area contributed by atoms with Crippen LogP contribution < -0.4 is 16.0 Å². The number of nitrogens with zero attached hydrogens (tertiary/aromatic N) is 4. The molecular weight excluding hydrogens is 465 g/mol. The molecule has 3 heterocycles. The molecule has 0 aliphatic heterocycles. The molecule has 0 radical (unpaired) electrons. The first-order valence-electron chi connectivity index (χ1n) is 11.7. The number of amides is 1. The van der Waals surface area contributed by atoms with Gasteiger partial charge >= 0.3 is 0 Å². The standard InChI is InChI=1S/C25H30FN7OS/c1-3-10-33-24(13-21(32-33)18-8-9-28-23(12-18)27-2)31-25(34)22(29-14-20-15-35-16-30-20)11-17-4-6-19(26)7-5-17/h4,6,8-9,12-13,15-16,22,29H,3,5,7,10-11,14H2,1-2H3,(H,27,28)(H,31,34)/t22-/m0/s1. The maximum absolute atomic E-state index is 13.5. The highest BCUT2D eigenvalue weighted by Crippen LogP contribution is 2.26. The third kappa shape index (κ3) is 6.61. The van der Waals surface area contributed by atoms with Crippen LogP contribution in [0.5, 0.6) is 0 Å². The van der Waals surface area contributed by atoms with Crippen LogP contribution >= 0.6 is 11.3 Å². The molecule has 4 rings (SSSR count). The lowest BCUT2D eigenvalue weighted by atomic mass is 9.97. The third-order valence-electron chi connectivity index (χ3n) is 5.76. The molecule has 10 heteroatoms. The molecule has 1 amide bonds. The average Bonchev–Trinajstić information content (AvgIpc) is 3.53. The van der Waals surface area contributed by atoms with Crippen LogP contribution in [-0.4, -0.2) is 38.7 Å². The van der Waals surface area contributed by atoms with Crippen molar-refractivity contribution in [2.45, 2.75) is 51.7 Å². The number of hydrogen-bond donors (Lipinski definition) is 3. The van der Waals surface area contributed by atoms with Crippen LogP contribution in [0.3, 0.4) is 0 Å². The summed E-state index contributed by atoms with van der Waals surface area (Å²) < 4.78 is 15.3. The van der Waals surface area contributed by atoms with Crippen molar-refractivity contribution in [3.05, 3.63) is 64.5 Å². The Morgan fingerprint density at radius 3 is 2.86 bits per heavy atom. The fourth-order valence-corrected chi connectivity index (χ4v) is 4.44. The van der Waals surface area contributed by atoms with Gasteiger partial charge in [-0.3, -0.25) is 10.1 Å². The van der Waals surface area contributed by atoms with Crippen LogP contribution in [-0.2, 0) is 17.9 Å². The molecule has 0 aromatic carbocycles. The molecule has 3 N–H and O–H groups in total. The van der Waals surface area contributed by atoms with E-state index in [2.05, 4.69) is 32.8 Å². The minimum Gasteiger partial charge on any atom is -0.373 e. The van der Waals surface area contributed by atoms with E-state index in [1.807, 2.05) is 35.3 Å². The summed E-state index contributed by atoms with van der Waals surface area (Å²) in [6.07, 6.45) is 7.35. The molecule has 3 aromatic rings. The van der Waals surface area contributed by atoms with Gasteiger partial charge < -0.3 is 10.6 Å². The van der Waals surface area contributed by atoms with E-state index < -0.39 is 6.04 Å². The number of allylic oxidation sites excluding steroid dienone is 3. The number of thiazole rings is 1. The van der Waals surface area contributed by atoms with E-state index in [1.54, 1.807) is 17.8 Å². The first-order valence-corrected chi connectivity index (χ1v) is 12.7. The molecule has 8 nitrogen and oxygen atoms in total. The maximum Gasteiger partial charge on any atom is 0.242 e. The number of pyridine rings is 1. The van der Waals surface area contributed by atoms with Crippen LogP contribution in [0.4, 0.5) is 16.0 Å². The molecule has 0 unspecified atom stereocenters. The van der Waals surface area contributed by atoms with Crippen molar-refractivity contribution in [3.63, 3.8) is 0 Å². The first kappa shape index (κ1) is 24.7. The molecular formula is C25H30FN7OS. The number of rotatable bonds is 11. The summed E-state index contributed by atoms with van der Waals surface area (Å²) in [5.74, 6) is 1.10. The van der Waals surface area contributed by atoms with Crippen LogP contribution in [0.2, 0.25) is 0 Å². The summed E-state index contributed by atoms with van der Waals surface area (Å²) >= 11 is 1.52. The Balaban J connectivity index is 1.54. The zero-order valence-corrected chi connectivity index (χ0v) is 20.7. The number of hydrogen-bond acceptors (Lipinski definition) is 7. The quantitative estimate of drug-likeness (QED) is 0.350. The van der Waals surface area contributed by atoms with Gasteiger partial charge in [-0.05, 0) is 37.5 Å². The van der Waals surface area contributed by atoms with Gasteiger partial charge in [-0.15, -0.1) is 11.3 Å². The first-order chi connectivity index (χ1) is 17.1. The van der Waals surface area contributed by atoms with Crippen molar-refractivity contribution in [2.75, 3.05) is 17.7 Å². The number of carbonyl (C=O) groups excluding carboxylic acids is 1. The Morgan fingerprint density at radius 2 is 2.14 bits per heavy atom. The second kappa shape index (κ2) is 11.9. The van der Waals surface area contributed by atoms with Gasteiger partial charge in [0.05, 0.1) is 22.9 Å². The fraction of sp³-hybridized carbons (Fsp3) is 0.360. The van der Waals surface area contributed by atoms with Crippen LogP contribution in [0.15, 0.2) is 58.8 Å². The molecule has 3 aromatic heterocycles. The van der Waals surface area contributed by atoms with Crippen molar-refractivity contribution < 1.29 is 9.18 Å². The highest BCUT2D eigenvalue weighted by Gasteiger charge is 2.23. The van der Waals surface area contributed by atoms with Gasteiger partial charge in [0.1, 0.15) is 17.5 Å². The minimum absolute atomic E-state index is 0.126. The molecule has 1 aliphatic carbocycles. The van der Waals surface area contributed by atoms with Crippen molar-refractivity contribution >= 4 is 28.9 Å². The predicted octanol–water partition coefficient (Wildman–Crippen LogP) is 4.91. The van der Waals surface area contributed by atoms with Crippen molar-refractivity contribution in [2.24, 2.45) is 0 Å². The van der Waals surface area contributed by atoms with Gasteiger partial charge in [-0.25, -0.2) is 19.0 Å². The van der Waals surface area contributed by atoms with E-state index in [0.29, 0.717) is 38.2 Å². The van der Waals surface area contributed by atoms with Crippen molar-refractivity contribution in [1.29, 1.82) is 0 Å². The van der Waals surface area contributed by atoms with Crippen molar-refractivity contribution in [1.82, 2.24) is 25.1 Å². The van der Waals surface area contributed by atoms with Gasteiger partial charge in [-0.2, -0.15) is 5.10 Å². The van der Waals surface area contributed by atoms with E-state index in [-0.39, 0.29) is 11.7 Å². The van der Waals surface area contributed by atoms with E-state index >= 15 is 0 Å². The lowest BCUT2D eigenvalue weighted by Gasteiger charge is -2.21. The topological polar surface area (TPSA) is 96.8 Å². The SMILES string of the molecule is CCCn1nc(-c2ccnc(NC)c2)cc1NC(=O)[C@H](CC1=CC=C(F)CC1)NCc1cscn1. The lowest BCUT2D eigenvalue weighted by molar-refractivity contribution is -0.118. The second-order valence-corrected chi connectivity index (χ2v) is 9.08. The molecule has 35 heavy (non-hydrogen) atoms. The maximum atomic E-state index is 13.5. The van der Waals surface area contributed by atoms with E-state index in [1.165, 1.54) is 17.4 Å². The van der Waals surface area contributed by atoms with Crippen LogP contribution in [0.1, 0.15) is 38.3 Å². The Kier molecular flexibility index (Phi) is 8.38. The van der Waals surface area contributed by atoms with Gasteiger partial charge in [0, 0.05) is 49.8 Å². The Bertz CT molecular complexity index is 1200. The molecule has 1 atom stereocenters. The summed E-state index contributed by atoms with van der Waals surface area (Å²) in [6, 6.07) is 5.20. The minimum atomic E-state index is -0.497. The van der Waals surface area contributed by atoms with Gasteiger partial charge in [0.15, 0.2) is 0 Å². The van der Waals surface area contributed by atoms with Crippen LogP contribution in [0.25, 0.3) is 11.3 Å². The summed E-state index contributed by atoms with van der Waals surface area (Å²) in [5.41, 5.74) is 5.36. The second-order valence-electron chi connectivity index (χ2n) is 8.36. The van der Waals surface area contributed by atoms with Gasteiger partial charge in [-0.1, -0.05) is 18.6 Å². The molecule has 1 aliphatic rings. The number of anilines is 2. The fourth-order valence-electron chi connectivity index (χ4n) is 3.88. The summed E-state index contributed by atoms with van der Waals surface area (Å²) in [5, 5.41) is 16.1. The highest BCUT2D eigenvalue weighted by atomic mass is 32.1.